The summed E-state index contributed by atoms with van der Waals surface area (Å²) in [4.78, 5) is 14.5. The number of hydrogen-bond donors (Lipinski definition) is 1. The summed E-state index contributed by atoms with van der Waals surface area (Å²) in [5.74, 6) is -0.445. The molecule has 1 N–H and O–H groups in total. The molecule has 2 aromatic carbocycles. The smallest absolute Gasteiger partial charge is 0.417 e. The first-order valence-corrected chi connectivity index (χ1v) is 10.2. The van der Waals surface area contributed by atoms with Gasteiger partial charge in [0.05, 0.1) is 29.3 Å². The Bertz CT molecular complexity index is 1280. The van der Waals surface area contributed by atoms with E-state index in [-0.39, 0.29) is 36.4 Å². The van der Waals surface area contributed by atoms with E-state index >= 15 is 0 Å². The number of likely N-dealkylation sites (tertiary alicyclic amines) is 1. The minimum Gasteiger partial charge on any atom is -0.507 e. The molecule has 1 aromatic heterocycles. The number of phenolic OH excluding ortho intramolecular Hbond substituents is 1. The molecule has 1 unspecified atom stereocenters. The fourth-order valence-corrected chi connectivity index (χ4v) is 3.81. The second kappa shape index (κ2) is 8.37. The van der Waals surface area contributed by atoms with E-state index < -0.39 is 34.7 Å². The first-order valence-electron chi connectivity index (χ1n) is 10.2. The van der Waals surface area contributed by atoms with E-state index in [2.05, 4.69) is 10.2 Å². The molecule has 1 fully saturated rings. The lowest BCUT2D eigenvalue weighted by atomic mass is 9.89. The highest BCUT2D eigenvalue weighted by molar-refractivity contribution is 5.84. The second-order valence-corrected chi connectivity index (χ2v) is 8.52. The number of phenols is 1. The Kier molecular flexibility index (Phi) is 5.69. The van der Waals surface area contributed by atoms with Gasteiger partial charge in [0.25, 0.3) is 11.8 Å². The number of amides is 1. The largest absolute Gasteiger partial charge is 0.507 e. The molecule has 0 radical (unpaired) electrons. The van der Waals surface area contributed by atoms with Crippen LogP contribution in [0.4, 0.5) is 13.2 Å². The van der Waals surface area contributed by atoms with Gasteiger partial charge in [-0.25, -0.2) is 0 Å². The highest BCUT2D eigenvalue weighted by Crippen LogP contribution is 2.38. The number of ether oxygens (including phenoxy) is 1. The van der Waals surface area contributed by atoms with Crippen LogP contribution < -0.4 is 4.74 Å². The second-order valence-electron chi connectivity index (χ2n) is 8.52. The maximum absolute atomic E-state index is 13.3. The quantitative estimate of drug-likeness (QED) is 0.594. The molecule has 8 nitrogen and oxygen atoms in total. The third-order valence-electron chi connectivity index (χ3n) is 5.44. The van der Waals surface area contributed by atoms with Gasteiger partial charge in [0.15, 0.2) is 6.10 Å². The van der Waals surface area contributed by atoms with Crippen molar-refractivity contribution in [1.82, 2.24) is 15.1 Å². The van der Waals surface area contributed by atoms with Gasteiger partial charge in [0.2, 0.25) is 5.89 Å². The Morgan fingerprint density at radius 2 is 2.00 bits per heavy atom. The number of aromatic nitrogens is 2. The van der Waals surface area contributed by atoms with Crippen LogP contribution in [-0.4, -0.2) is 38.8 Å². The first-order chi connectivity index (χ1) is 16.0. The first kappa shape index (κ1) is 23.1. The van der Waals surface area contributed by atoms with Crippen LogP contribution in [0.15, 0.2) is 46.9 Å². The number of nitriles is 1. The molecule has 4 rings (SSSR count). The van der Waals surface area contributed by atoms with Gasteiger partial charge in [-0.3, -0.25) is 4.79 Å². The molecular formula is C23H19F3N4O4. The number of carbonyl (C=O) groups excluding carboxylic acids is 1. The topological polar surface area (TPSA) is 112 Å². The van der Waals surface area contributed by atoms with E-state index in [0.29, 0.717) is 5.56 Å². The lowest BCUT2D eigenvalue weighted by Crippen LogP contribution is -2.36. The molecule has 0 spiro atoms. The predicted octanol–water partition coefficient (Wildman–Crippen LogP) is 4.15. The average molecular weight is 472 g/mol. The Morgan fingerprint density at radius 3 is 2.68 bits per heavy atom. The standard InChI is InChI=1S/C23H19F3N4O4/c1-22(2)12-30(11-18-28-29-20(34-18)15-5-3-4-6-17(15)31)21(32)19(22)33-14-8-7-13(10-27)16(9-14)23(24,25)26/h3-9,19,31H,11-12H2,1-2H3. The zero-order valence-electron chi connectivity index (χ0n) is 18.1. The molecule has 0 aliphatic carbocycles. The summed E-state index contributed by atoms with van der Waals surface area (Å²) < 4.78 is 51.2. The number of carbonyl (C=O) groups is 1. The van der Waals surface area contributed by atoms with Gasteiger partial charge < -0.3 is 19.2 Å². The molecule has 1 amide bonds. The van der Waals surface area contributed by atoms with Gasteiger partial charge in [0.1, 0.15) is 11.5 Å². The number of benzene rings is 2. The number of rotatable bonds is 5. The average Bonchev–Trinajstić information content (AvgIpc) is 3.31. The Hall–Kier alpha value is -4.07. The van der Waals surface area contributed by atoms with Gasteiger partial charge in [-0.1, -0.05) is 26.0 Å². The predicted molar refractivity (Wildman–Crippen MR) is 111 cm³/mol. The van der Waals surface area contributed by atoms with Crippen LogP contribution in [-0.2, 0) is 17.5 Å². The van der Waals surface area contributed by atoms with E-state index in [9.17, 15) is 23.1 Å². The number of hydrogen-bond acceptors (Lipinski definition) is 7. The molecule has 1 saturated heterocycles. The molecule has 1 aliphatic rings. The lowest BCUT2D eigenvalue weighted by Gasteiger charge is -2.24. The monoisotopic (exact) mass is 472 g/mol. The highest BCUT2D eigenvalue weighted by atomic mass is 19.4. The summed E-state index contributed by atoms with van der Waals surface area (Å²) in [7, 11) is 0. The summed E-state index contributed by atoms with van der Waals surface area (Å²) in [6.45, 7) is 3.70. The molecule has 34 heavy (non-hydrogen) atoms. The van der Waals surface area contributed by atoms with Crippen molar-refractivity contribution in [2.24, 2.45) is 5.41 Å². The number of halogens is 3. The van der Waals surface area contributed by atoms with E-state index in [1.165, 1.54) is 23.1 Å². The van der Waals surface area contributed by atoms with E-state index in [1.807, 2.05) is 0 Å². The molecule has 176 valence electrons. The summed E-state index contributed by atoms with van der Waals surface area (Å²) in [5.41, 5.74) is -2.06. The van der Waals surface area contributed by atoms with Crippen molar-refractivity contribution in [2.75, 3.05) is 6.54 Å². The molecule has 1 aliphatic heterocycles. The summed E-state index contributed by atoms with van der Waals surface area (Å²) in [5, 5.41) is 26.7. The maximum atomic E-state index is 13.3. The lowest BCUT2D eigenvalue weighted by molar-refractivity contribution is -0.138. The van der Waals surface area contributed by atoms with Gasteiger partial charge in [-0.05, 0) is 30.3 Å². The highest BCUT2D eigenvalue weighted by Gasteiger charge is 2.48. The Morgan fingerprint density at radius 1 is 1.26 bits per heavy atom. The van der Waals surface area contributed by atoms with E-state index in [1.54, 1.807) is 32.0 Å². The Balaban J connectivity index is 1.53. The third kappa shape index (κ3) is 4.39. The van der Waals surface area contributed by atoms with E-state index in [0.717, 1.165) is 12.1 Å². The number of aromatic hydroxyl groups is 1. The maximum Gasteiger partial charge on any atom is 0.417 e. The molecule has 0 saturated carbocycles. The summed E-state index contributed by atoms with van der Waals surface area (Å²) in [6.07, 6.45) is -5.81. The zero-order chi connectivity index (χ0) is 24.7. The van der Waals surface area contributed by atoms with Crippen LogP contribution in [0.2, 0.25) is 0 Å². The SMILES string of the molecule is CC1(C)CN(Cc2nnc(-c3ccccc3O)o2)C(=O)C1Oc1ccc(C#N)c(C(F)(F)F)c1. The number of alkyl halides is 3. The molecule has 2 heterocycles. The van der Waals surface area contributed by atoms with Crippen LogP contribution in [0.3, 0.4) is 0 Å². The minimum atomic E-state index is -4.74. The van der Waals surface area contributed by atoms with Crippen molar-refractivity contribution in [3.63, 3.8) is 0 Å². The van der Waals surface area contributed by atoms with Crippen molar-refractivity contribution in [1.29, 1.82) is 5.26 Å². The molecule has 1 atom stereocenters. The van der Waals surface area contributed by atoms with Gasteiger partial charge >= 0.3 is 6.18 Å². The molecule has 3 aromatic rings. The third-order valence-corrected chi connectivity index (χ3v) is 5.44. The van der Waals surface area contributed by atoms with Crippen LogP contribution in [0.25, 0.3) is 11.5 Å². The minimum absolute atomic E-state index is 0.0369. The Labute approximate surface area is 192 Å². The van der Waals surface area contributed by atoms with Crippen molar-refractivity contribution in [3.8, 4) is 29.0 Å². The number of nitrogens with zero attached hydrogens (tertiary/aromatic N) is 4. The van der Waals surface area contributed by atoms with E-state index in [4.69, 9.17) is 14.4 Å². The fourth-order valence-electron chi connectivity index (χ4n) is 3.81. The van der Waals surface area contributed by atoms with Gasteiger partial charge in [0, 0.05) is 12.0 Å². The van der Waals surface area contributed by atoms with Crippen LogP contribution in [0, 0.1) is 16.7 Å². The normalized spacial score (nSPS) is 17.6. The van der Waals surface area contributed by atoms with Gasteiger partial charge in [-0.15, -0.1) is 10.2 Å². The zero-order valence-corrected chi connectivity index (χ0v) is 18.1. The van der Waals surface area contributed by atoms with Crippen LogP contribution >= 0.6 is 0 Å². The molecule has 11 heteroatoms. The van der Waals surface area contributed by atoms with Crippen molar-refractivity contribution >= 4 is 5.91 Å². The van der Waals surface area contributed by atoms with Gasteiger partial charge in [-0.2, -0.15) is 18.4 Å². The fraction of sp³-hybridized carbons (Fsp3) is 0.304. The van der Waals surface area contributed by atoms with Crippen molar-refractivity contribution < 1.29 is 32.2 Å². The number of para-hydroxylation sites is 1. The van der Waals surface area contributed by atoms with Crippen LogP contribution in [0.1, 0.15) is 30.9 Å². The molecular weight excluding hydrogens is 453 g/mol. The summed E-state index contributed by atoms with van der Waals surface area (Å²) >= 11 is 0. The van der Waals surface area contributed by atoms with Crippen molar-refractivity contribution in [3.05, 3.63) is 59.5 Å². The summed E-state index contributed by atoms with van der Waals surface area (Å²) in [6, 6.07) is 10.9. The molecule has 0 bridgehead atoms. The van der Waals surface area contributed by atoms with Crippen LogP contribution in [0.5, 0.6) is 11.5 Å². The van der Waals surface area contributed by atoms with Crippen molar-refractivity contribution in [2.45, 2.75) is 32.7 Å².